The van der Waals surface area contributed by atoms with Gasteiger partial charge in [-0.25, -0.2) is 4.79 Å². The van der Waals surface area contributed by atoms with Crippen molar-refractivity contribution in [2.24, 2.45) is 0 Å². The van der Waals surface area contributed by atoms with Gasteiger partial charge < -0.3 is 19.9 Å². The van der Waals surface area contributed by atoms with E-state index in [1.54, 1.807) is 11.8 Å². The highest BCUT2D eigenvalue weighted by Gasteiger charge is 2.31. The Morgan fingerprint density at radius 2 is 1.97 bits per heavy atom. The van der Waals surface area contributed by atoms with E-state index < -0.39 is 5.97 Å². The predicted molar refractivity (Wildman–Crippen MR) is 126 cm³/mol. The molecule has 0 saturated heterocycles. The van der Waals surface area contributed by atoms with Crippen molar-refractivity contribution in [3.05, 3.63) is 45.8 Å². The zero-order valence-electron chi connectivity index (χ0n) is 17.9. The van der Waals surface area contributed by atoms with Gasteiger partial charge in [-0.2, -0.15) is 0 Å². The normalized spacial score (nSPS) is 15.0. The van der Waals surface area contributed by atoms with Crippen molar-refractivity contribution in [1.82, 2.24) is 4.90 Å². The number of para-hydroxylation sites is 1. The van der Waals surface area contributed by atoms with Crippen molar-refractivity contribution < 1.29 is 14.3 Å². The molecule has 0 fully saturated rings. The fourth-order valence-electron chi connectivity index (χ4n) is 3.84. The Labute approximate surface area is 186 Å². The first-order chi connectivity index (χ1) is 14.3. The SMILES string of the molecule is CCN(CC)C(=O)c1sc(NC(=S)N2c3ccccc3CC2C)c(C(=O)OC)c1C. The van der Waals surface area contributed by atoms with Gasteiger partial charge in [0.25, 0.3) is 5.91 Å². The minimum Gasteiger partial charge on any atom is -0.465 e. The van der Waals surface area contributed by atoms with Crippen LogP contribution in [0.15, 0.2) is 24.3 Å². The molecule has 3 rings (SSSR count). The molecule has 2 heterocycles. The number of rotatable bonds is 5. The van der Waals surface area contributed by atoms with Crippen molar-refractivity contribution in [2.45, 2.75) is 40.2 Å². The van der Waals surface area contributed by atoms with Crippen LogP contribution < -0.4 is 10.2 Å². The van der Waals surface area contributed by atoms with Gasteiger partial charge in [0.05, 0.1) is 17.6 Å². The number of thiophene rings is 1. The maximum atomic E-state index is 13.0. The largest absolute Gasteiger partial charge is 0.465 e. The third-order valence-corrected chi connectivity index (χ3v) is 6.92. The minimum absolute atomic E-state index is 0.0912. The molecule has 0 spiro atoms. The van der Waals surface area contributed by atoms with Gasteiger partial charge in [-0.1, -0.05) is 18.2 Å². The molecule has 1 amide bonds. The summed E-state index contributed by atoms with van der Waals surface area (Å²) in [5, 5.41) is 4.27. The Morgan fingerprint density at radius 1 is 1.30 bits per heavy atom. The second-order valence-electron chi connectivity index (χ2n) is 7.21. The van der Waals surface area contributed by atoms with E-state index in [-0.39, 0.29) is 11.9 Å². The van der Waals surface area contributed by atoms with Gasteiger partial charge in [0.1, 0.15) is 5.00 Å². The van der Waals surface area contributed by atoms with Crippen molar-refractivity contribution in [1.29, 1.82) is 0 Å². The number of methoxy groups -OCH3 is 1. The zero-order valence-corrected chi connectivity index (χ0v) is 19.6. The number of benzene rings is 1. The molecule has 1 aliphatic rings. The number of carbonyl (C=O) groups is 2. The molecule has 1 aliphatic heterocycles. The fraction of sp³-hybridized carbons (Fsp3) is 0.409. The molecule has 160 valence electrons. The highest BCUT2D eigenvalue weighted by atomic mass is 32.1. The van der Waals surface area contributed by atoms with Crippen LogP contribution >= 0.6 is 23.6 Å². The second kappa shape index (κ2) is 9.14. The molecule has 1 N–H and O–H groups in total. The molecule has 0 bridgehead atoms. The van der Waals surface area contributed by atoms with Crippen molar-refractivity contribution in [2.75, 3.05) is 30.4 Å². The number of thiocarbonyl (C=S) groups is 1. The van der Waals surface area contributed by atoms with Crippen LogP contribution in [0.4, 0.5) is 10.7 Å². The molecule has 1 aromatic carbocycles. The molecule has 0 aliphatic carbocycles. The Hall–Kier alpha value is -2.45. The smallest absolute Gasteiger partial charge is 0.341 e. The lowest BCUT2D eigenvalue weighted by molar-refractivity contribution is 0.0601. The maximum absolute atomic E-state index is 13.0. The second-order valence-corrected chi connectivity index (χ2v) is 8.62. The first-order valence-corrected chi connectivity index (χ1v) is 11.2. The summed E-state index contributed by atoms with van der Waals surface area (Å²) in [5.74, 6) is -0.575. The number of amides is 1. The summed E-state index contributed by atoms with van der Waals surface area (Å²) in [6.07, 6.45) is 0.900. The molecule has 1 unspecified atom stereocenters. The lowest BCUT2D eigenvalue weighted by atomic mass is 10.1. The molecular weight excluding hydrogens is 418 g/mol. The van der Waals surface area contributed by atoms with Gasteiger partial charge >= 0.3 is 5.97 Å². The van der Waals surface area contributed by atoms with Gasteiger partial charge in [0.15, 0.2) is 5.11 Å². The third kappa shape index (κ3) is 3.94. The fourth-order valence-corrected chi connectivity index (χ4v) is 5.45. The Morgan fingerprint density at radius 3 is 2.60 bits per heavy atom. The van der Waals surface area contributed by atoms with Gasteiger partial charge in [-0.05, 0) is 63.5 Å². The summed E-state index contributed by atoms with van der Waals surface area (Å²) in [5.41, 5.74) is 3.28. The molecular formula is C22H27N3O3S2. The highest BCUT2D eigenvalue weighted by Crippen LogP contribution is 2.37. The van der Waals surface area contributed by atoms with Crippen LogP contribution in [0.2, 0.25) is 0 Å². The van der Waals surface area contributed by atoms with Crippen LogP contribution in [-0.4, -0.2) is 48.1 Å². The van der Waals surface area contributed by atoms with Gasteiger partial charge in [-0.3, -0.25) is 4.79 Å². The van der Waals surface area contributed by atoms with Crippen LogP contribution in [-0.2, 0) is 11.2 Å². The van der Waals surface area contributed by atoms with Gasteiger partial charge in [-0.15, -0.1) is 11.3 Å². The number of nitrogens with one attached hydrogen (secondary N) is 1. The quantitative estimate of drug-likeness (QED) is 0.541. The van der Waals surface area contributed by atoms with E-state index in [0.29, 0.717) is 39.2 Å². The zero-order chi connectivity index (χ0) is 22.0. The summed E-state index contributed by atoms with van der Waals surface area (Å²) in [6.45, 7) is 8.97. The molecule has 1 aromatic heterocycles. The van der Waals surface area contributed by atoms with Crippen LogP contribution in [0, 0.1) is 6.92 Å². The van der Waals surface area contributed by atoms with Crippen molar-refractivity contribution >= 4 is 51.2 Å². The number of anilines is 2. The van der Waals surface area contributed by atoms with E-state index >= 15 is 0 Å². The Kier molecular flexibility index (Phi) is 6.77. The van der Waals surface area contributed by atoms with Crippen LogP contribution in [0.3, 0.4) is 0 Å². The number of fused-ring (bicyclic) bond motifs is 1. The van der Waals surface area contributed by atoms with E-state index in [1.165, 1.54) is 24.0 Å². The average Bonchev–Trinajstić information content (AvgIpc) is 3.23. The monoisotopic (exact) mass is 445 g/mol. The standard InChI is InChI=1S/C22H27N3O3S2/c1-6-24(7-2)20(26)18-14(4)17(21(27)28-5)19(30-18)23-22(29)25-13(3)12-15-10-8-9-11-16(15)25/h8-11,13H,6-7,12H2,1-5H3,(H,23,29). The molecule has 2 aromatic rings. The Balaban J connectivity index is 1.97. The molecule has 6 nitrogen and oxygen atoms in total. The average molecular weight is 446 g/mol. The summed E-state index contributed by atoms with van der Waals surface area (Å²) < 4.78 is 4.99. The lowest BCUT2D eigenvalue weighted by Crippen LogP contribution is -2.38. The highest BCUT2D eigenvalue weighted by molar-refractivity contribution is 7.80. The van der Waals surface area contributed by atoms with E-state index in [0.717, 1.165) is 12.1 Å². The maximum Gasteiger partial charge on any atom is 0.341 e. The van der Waals surface area contributed by atoms with Crippen LogP contribution in [0.25, 0.3) is 0 Å². The van der Waals surface area contributed by atoms with Gasteiger partial charge in [0, 0.05) is 24.8 Å². The molecule has 0 radical (unpaired) electrons. The summed E-state index contributed by atoms with van der Waals surface area (Å²) in [6, 6.07) is 8.35. The molecule has 8 heteroatoms. The van der Waals surface area contributed by atoms with Crippen molar-refractivity contribution in [3.63, 3.8) is 0 Å². The summed E-state index contributed by atoms with van der Waals surface area (Å²) >= 11 is 6.97. The third-order valence-electron chi connectivity index (χ3n) is 5.43. The lowest BCUT2D eigenvalue weighted by Gasteiger charge is -2.26. The van der Waals surface area contributed by atoms with Gasteiger partial charge in [0.2, 0.25) is 0 Å². The number of hydrogen-bond acceptors (Lipinski definition) is 5. The number of esters is 1. The first kappa shape index (κ1) is 22.2. The van der Waals surface area contributed by atoms with E-state index in [4.69, 9.17) is 17.0 Å². The number of nitrogens with zero attached hydrogens (tertiary/aromatic N) is 2. The number of ether oxygens (including phenoxy) is 1. The topological polar surface area (TPSA) is 61.9 Å². The van der Waals surface area contributed by atoms with E-state index in [9.17, 15) is 9.59 Å². The minimum atomic E-state index is -0.484. The number of hydrogen-bond donors (Lipinski definition) is 1. The van der Waals surface area contributed by atoms with Crippen LogP contribution in [0.5, 0.6) is 0 Å². The predicted octanol–water partition coefficient (Wildman–Crippen LogP) is 4.47. The van der Waals surface area contributed by atoms with Crippen LogP contribution in [0.1, 0.15) is 51.9 Å². The molecule has 1 atom stereocenters. The van der Waals surface area contributed by atoms with Crippen molar-refractivity contribution in [3.8, 4) is 0 Å². The Bertz CT molecular complexity index is 982. The van der Waals surface area contributed by atoms with E-state index in [2.05, 4.69) is 23.2 Å². The molecule has 0 saturated carbocycles. The number of carbonyl (C=O) groups excluding carboxylic acids is 2. The summed E-state index contributed by atoms with van der Waals surface area (Å²) in [4.78, 5) is 29.8. The van der Waals surface area contributed by atoms with E-state index in [1.807, 2.05) is 32.0 Å². The molecule has 30 heavy (non-hydrogen) atoms. The first-order valence-electron chi connectivity index (χ1n) is 10.0. The summed E-state index contributed by atoms with van der Waals surface area (Å²) in [7, 11) is 1.34.